The summed E-state index contributed by atoms with van der Waals surface area (Å²) < 4.78 is 0. The molecule has 0 heterocycles. The molecule has 0 saturated carbocycles. The van der Waals surface area contributed by atoms with Crippen molar-refractivity contribution >= 4 is 17.9 Å². The highest BCUT2D eigenvalue weighted by Gasteiger charge is 2.15. The lowest BCUT2D eigenvalue weighted by Gasteiger charge is -2.17. The summed E-state index contributed by atoms with van der Waals surface area (Å²) in [7, 11) is 0. The predicted octanol–water partition coefficient (Wildman–Crippen LogP) is 0.0209. The van der Waals surface area contributed by atoms with Gasteiger partial charge in [0.2, 0.25) is 0 Å². The lowest BCUT2D eigenvalue weighted by atomic mass is 10.0. The van der Waals surface area contributed by atoms with Gasteiger partial charge < -0.3 is 30.6 Å². The Labute approximate surface area is 129 Å². The lowest BCUT2D eigenvalue weighted by molar-refractivity contribution is -0.135. The normalized spacial score (nSPS) is 9.82. The van der Waals surface area contributed by atoms with E-state index in [9.17, 15) is 5.11 Å². The second-order valence-electron chi connectivity index (χ2n) is 4.04. The minimum absolute atomic E-state index is 0.141. The molecular formula is C13H28O9. The molecule has 9 heteroatoms. The zero-order valence-corrected chi connectivity index (χ0v) is 13.4. The lowest BCUT2D eigenvalue weighted by Crippen LogP contribution is -2.26. The minimum atomic E-state index is -0.833. The fourth-order valence-electron chi connectivity index (χ4n) is 0.833. The topological polar surface area (TPSA) is 173 Å². The molecular weight excluding hydrogens is 300 g/mol. The second-order valence-corrected chi connectivity index (χ2v) is 4.04. The third-order valence-electron chi connectivity index (χ3n) is 1.60. The summed E-state index contributed by atoms with van der Waals surface area (Å²) in [6.07, 6.45) is 0.962. The number of aliphatic hydroxyl groups is 3. The fraction of sp³-hybridized carbons (Fsp3) is 0.769. The highest BCUT2D eigenvalue weighted by atomic mass is 16.4. The molecule has 9 nitrogen and oxygen atoms in total. The van der Waals surface area contributed by atoms with Crippen molar-refractivity contribution in [2.75, 3.05) is 13.2 Å². The van der Waals surface area contributed by atoms with Crippen LogP contribution in [0.5, 0.6) is 0 Å². The number of rotatable bonds is 5. The standard InChI is InChI=1S/C7H16O3.3C2H4O2/c1-2-3-7(10)6(4-8)5-9;3*1-2(3)4/h6-10H,2-5H2,1H3;3*1H3,(H,3,4). The molecule has 0 aliphatic heterocycles. The van der Waals surface area contributed by atoms with E-state index in [1.165, 1.54) is 0 Å². The molecule has 0 aliphatic carbocycles. The van der Waals surface area contributed by atoms with E-state index < -0.39 is 24.0 Å². The maximum Gasteiger partial charge on any atom is 0.300 e. The average molecular weight is 328 g/mol. The van der Waals surface area contributed by atoms with Crippen LogP contribution in [0.3, 0.4) is 0 Å². The third kappa shape index (κ3) is 63.4. The monoisotopic (exact) mass is 328 g/mol. The van der Waals surface area contributed by atoms with Gasteiger partial charge in [0.15, 0.2) is 0 Å². The molecule has 1 atom stereocenters. The Morgan fingerprint density at radius 3 is 1.18 bits per heavy atom. The van der Waals surface area contributed by atoms with Gasteiger partial charge in [-0.1, -0.05) is 13.3 Å². The van der Waals surface area contributed by atoms with E-state index in [1.54, 1.807) is 0 Å². The average Bonchev–Trinajstić information content (AvgIpc) is 2.28. The zero-order chi connectivity index (χ0) is 18.7. The third-order valence-corrected chi connectivity index (χ3v) is 1.60. The van der Waals surface area contributed by atoms with Crippen molar-refractivity contribution in [3.8, 4) is 0 Å². The Kier molecular flexibility index (Phi) is 27.9. The van der Waals surface area contributed by atoms with Gasteiger partial charge in [-0.05, 0) is 6.42 Å². The SMILES string of the molecule is CC(=O)O.CC(=O)O.CC(=O)O.CCCC(O)C(CO)CO. The molecule has 0 fully saturated rings. The van der Waals surface area contributed by atoms with Crippen LogP contribution in [0.25, 0.3) is 0 Å². The first-order chi connectivity index (χ1) is 9.95. The van der Waals surface area contributed by atoms with Crippen LogP contribution in [0.15, 0.2) is 0 Å². The van der Waals surface area contributed by atoms with Gasteiger partial charge in [-0.2, -0.15) is 0 Å². The summed E-state index contributed by atoms with van der Waals surface area (Å²) in [5.41, 5.74) is 0. The summed E-state index contributed by atoms with van der Waals surface area (Å²) >= 11 is 0. The van der Waals surface area contributed by atoms with Gasteiger partial charge in [-0.15, -0.1) is 0 Å². The van der Waals surface area contributed by atoms with Gasteiger partial charge in [-0.25, -0.2) is 0 Å². The maximum absolute atomic E-state index is 9.19. The molecule has 6 N–H and O–H groups in total. The van der Waals surface area contributed by atoms with Gasteiger partial charge in [0, 0.05) is 26.7 Å². The molecule has 0 aliphatic rings. The number of carboxylic acid groups (broad SMARTS) is 3. The van der Waals surface area contributed by atoms with Crippen molar-refractivity contribution in [3.05, 3.63) is 0 Å². The van der Waals surface area contributed by atoms with Crippen LogP contribution < -0.4 is 0 Å². The van der Waals surface area contributed by atoms with Crippen molar-refractivity contribution in [1.82, 2.24) is 0 Å². The molecule has 0 aromatic carbocycles. The Hall–Kier alpha value is -1.71. The van der Waals surface area contributed by atoms with Gasteiger partial charge in [-0.3, -0.25) is 14.4 Å². The van der Waals surface area contributed by atoms with Crippen molar-refractivity contribution < 1.29 is 45.0 Å². The minimum Gasteiger partial charge on any atom is -0.481 e. The Bertz CT molecular complexity index is 234. The predicted molar refractivity (Wildman–Crippen MR) is 78.5 cm³/mol. The molecule has 134 valence electrons. The molecule has 0 spiro atoms. The number of carbonyl (C=O) groups is 3. The van der Waals surface area contributed by atoms with E-state index in [2.05, 4.69) is 0 Å². The molecule has 0 amide bonds. The van der Waals surface area contributed by atoms with Crippen molar-refractivity contribution in [2.45, 2.75) is 46.6 Å². The first kappa shape index (κ1) is 28.5. The first-order valence-electron chi connectivity index (χ1n) is 6.44. The fourth-order valence-corrected chi connectivity index (χ4v) is 0.833. The molecule has 0 radical (unpaired) electrons. The van der Waals surface area contributed by atoms with E-state index in [4.69, 9.17) is 39.9 Å². The molecule has 0 rings (SSSR count). The highest BCUT2D eigenvalue weighted by Crippen LogP contribution is 2.07. The largest absolute Gasteiger partial charge is 0.481 e. The molecule has 0 aromatic rings. The van der Waals surface area contributed by atoms with Crippen molar-refractivity contribution in [2.24, 2.45) is 5.92 Å². The van der Waals surface area contributed by atoms with E-state index >= 15 is 0 Å². The van der Waals surface area contributed by atoms with Gasteiger partial charge in [0.1, 0.15) is 0 Å². The second kappa shape index (κ2) is 21.6. The Balaban J connectivity index is -0.000000112. The summed E-state index contributed by atoms with van der Waals surface area (Å²) in [6.45, 7) is 4.92. The number of hydrogen-bond acceptors (Lipinski definition) is 6. The summed E-state index contributed by atoms with van der Waals surface area (Å²) in [5, 5.41) is 48.6. The van der Waals surface area contributed by atoms with Crippen LogP contribution in [0.4, 0.5) is 0 Å². The maximum atomic E-state index is 9.19. The quantitative estimate of drug-likeness (QED) is 0.406. The Morgan fingerprint density at radius 1 is 0.818 bits per heavy atom. The van der Waals surface area contributed by atoms with Crippen LogP contribution in [0.1, 0.15) is 40.5 Å². The number of carboxylic acids is 3. The van der Waals surface area contributed by atoms with E-state index in [-0.39, 0.29) is 19.1 Å². The highest BCUT2D eigenvalue weighted by molar-refractivity contribution is 5.63. The van der Waals surface area contributed by atoms with E-state index in [0.717, 1.165) is 27.2 Å². The van der Waals surface area contributed by atoms with E-state index in [0.29, 0.717) is 6.42 Å². The van der Waals surface area contributed by atoms with Crippen LogP contribution in [0.2, 0.25) is 0 Å². The molecule has 0 saturated heterocycles. The zero-order valence-electron chi connectivity index (χ0n) is 13.4. The summed E-state index contributed by atoms with van der Waals surface area (Å²) in [6, 6.07) is 0. The Morgan fingerprint density at radius 2 is 1.05 bits per heavy atom. The van der Waals surface area contributed by atoms with Crippen LogP contribution in [-0.4, -0.2) is 67.9 Å². The van der Waals surface area contributed by atoms with Crippen LogP contribution in [-0.2, 0) is 14.4 Å². The first-order valence-corrected chi connectivity index (χ1v) is 6.44. The van der Waals surface area contributed by atoms with Crippen LogP contribution in [0, 0.1) is 5.92 Å². The number of aliphatic hydroxyl groups excluding tert-OH is 3. The van der Waals surface area contributed by atoms with Crippen molar-refractivity contribution in [3.63, 3.8) is 0 Å². The number of hydrogen-bond donors (Lipinski definition) is 6. The summed E-state index contributed by atoms with van der Waals surface area (Å²) in [5.74, 6) is -2.86. The molecule has 0 bridgehead atoms. The molecule has 1 unspecified atom stereocenters. The molecule has 22 heavy (non-hydrogen) atoms. The smallest absolute Gasteiger partial charge is 0.300 e. The van der Waals surface area contributed by atoms with Crippen LogP contribution >= 0.6 is 0 Å². The van der Waals surface area contributed by atoms with Gasteiger partial charge >= 0.3 is 0 Å². The van der Waals surface area contributed by atoms with Gasteiger partial charge in [0.05, 0.1) is 19.3 Å². The number of aliphatic carboxylic acids is 3. The summed E-state index contributed by atoms with van der Waals surface area (Å²) in [4.78, 5) is 27.0. The molecule has 0 aromatic heterocycles. The van der Waals surface area contributed by atoms with E-state index in [1.807, 2.05) is 6.92 Å². The van der Waals surface area contributed by atoms with Gasteiger partial charge in [0.25, 0.3) is 17.9 Å². The van der Waals surface area contributed by atoms with Crippen molar-refractivity contribution in [1.29, 1.82) is 0 Å².